The van der Waals surface area contributed by atoms with Gasteiger partial charge in [-0.1, -0.05) is 31.5 Å². The summed E-state index contributed by atoms with van der Waals surface area (Å²) in [6, 6.07) is 11.0. The molecule has 0 spiro atoms. The quantitative estimate of drug-likeness (QED) is 0.888. The second-order valence-electron chi connectivity index (χ2n) is 6.61. The molecule has 0 saturated carbocycles. The van der Waals surface area contributed by atoms with Gasteiger partial charge in [0.1, 0.15) is 0 Å². The Bertz CT molecular complexity index is 637. The number of aromatic nitrogens is 1. The number of nitrogens with zero attached hydrogens (tertiary/aromatic N) is 1. The molecule has 1 heterocycles. The normalized spacial score (nSPS) is 21.0. The molecule has 1 unspecified atom stereocenters. The fourth-order valence-electron chi connectivity index (χ4n) is 3.32. The maximum Gasteiger partial charge on any atom is 0.0409 e. The van der Waals surface area contributed by atoms with Gasteiger partial charge in [-0.3, -0.25) is 4.98 Å². The van der Waals surface area contributed by atoms with Crippen molar-refractivity contribution in [3.8, 4) is 0 Å². The van der Waals surface area contributed by atoms with Gasteiger partial charge < -0.3 is 5.32 Å². The van der Waals surface area contributed by atoms with E-state index in [1.165, 1.54) is 16.7 Å². The molecule has 1 aromatic heterocycles. The molecule has 3 rings (SSSR count). The highest BCUT2D eigenvalue weighted by Gasteiger charge is 2.39. The number of benzene rings is 1. The van der Waals surface area contributed by atoms with Crippen molar-refractivity contribution in [1.29, 1.82) is 0 Å². The van der Waals surface area contributed by atoms with E-state index in [-0.39, 0.29) is 11.5 Å². The molecule has 0 fully saturated rings. The van der Waals surface area contributed by atoms with Gasteiger partial charge in [-0.2, -0.15) is 0 Å². The highest BCUT2D eigenvalue weighted by atomic mass is 35.5. The molecule has 0 saturated heterocycles. The lowest BCUT2D eigenvalue weighted by molar-refractivity contribution is 0.252. The zero-order chi connectivity index (χ0) is 15.0. The Morgan fingerprint density at radius 3 is 2.67 bits per heavy atom. The van der Waals surface area contributed by atoms with E-state index in [2.05, 4.69) is 55.3 Å². The van der Waals surface area contributed by atoms with Crippen LogP contribution in [0.2, 0.25) is 5.02 Å². The third kappa shape index (κ3) is 2.83. The van der Waals surface area contributed by atoms with E-state index < -0.39 is 0 Å². The molecule has 0 bridgehead atoms. The van der Waals surface area contributed by atoms with Crippen LogP contribution in [0.4, 0.5) is 0 Å². The summed E-state index contributed by atoms with van der Waals surface area (Å²) in [7, 11) is 0. The van der Waals surface area contributed by atoms with Crippen LogP contribution in [-0.2, 0) is 6.42 Å². The average molecular weight is 301 g/mol. The van der Waals surface area contributed by atoms with Crippen molar-refractivity contribution in [2.24, 2.45) is 5.41 Å². The highest BCUT2D eigenvalue weighted by molar-refractivity contribution is 6.30. The Balaban J connectivity index is 1.89. The summed E-state index contributed by atoms with van der Waals surface area (Å²) in [6.45, 7) is 6.84. The first-order valence-corrected chi connectivity index (χ1v) is 7.79. The predicted molar refractivity (Wildman–Crippen MR) is 87.5 cm³/mol. The largest absolute Gasteiger partial charge is 0.303 e. The maximum atomic E-state index is 6.20. The van der Waals surface area contributed by atoms with Crippen LogP contribution in [0.1, 0.15) is 49.5 Å². The zero-order valence-electron chi connectivity index (χ0n) is 12.7. The van der Waals surface area contributed by atoms with Crippen LogP contribution in [0.15, 0.2) is 42.7 Å². The summed E-state index contributed by atoms with van der Waals surface area (Å²) in [5.41, 5.74) is 4.20. The van der Waals surface area contributed by atoms with E-state index in [1.54, 1.807) is 0 Å². The molecule has 0 amide bonds. The SMILES string of the molecule is C[C@@H](NC1c2cc(Cl)ccc2CC1(C)C)c1ccncc1. The maximum absolute atomic E-state index is 6.20. The fourth-order valence-corrected chi connectivity index (χ4v) is 3.50. The first-order chi connectivity index (χ1) is 9.97. The van der Waals surface area contributed by atoms with E-state index in [0.717, 1.165) is 11.4 Å². The van der Waals surface area contributed by atoms with Crippen molar-refractivity contribution in [3.63, 3.8) is 0 Å². The minimum Gasteiger partial charge on any atom is -0.303 e. The Morgan fingerprint density at radius 1 is 1.24 bits per heavy atom. The third-order valence-corrected chi connectivity index (χ3v) is 4.70. The molecule has 2 aromatic rings. The van der Waals surface area contributed by atoms with Gasteiger partial charge in [0.2, 0.25) is 0 Å². The number of hydrogen-bond acceptors (Lipinski definition) is 2. The second kappa shape index (κ2) is 5.43. The lowest BCUT2D eigenvalue weighted by Gasteiger charge is -2.31. The summed E-state index contributed by atoms with van der Waals surface area (Å²) in [5, 5.41) is 4.60. The van der Waals surface area contributed by atoms with Crippen molar-refractivity contribution in [1.82, 2.24) is 10.3 Å². The van der Waals surface area contributed by atoms with Gasteiger partial charge >= 0.3 is 0 Å². The minimum absolute atomic E-state index is 0.189. The van der Waals surface area contributed by atoms with E-state index in [9.17, 15) is 0 Å². The number of nitrogens with one attached hydrogen (secondary N) is 1. The number of halogens is 1. The van der Waals surface area contributed by atoms with Crippen LogP contribution >= 0.6 is 11.6 Å². The molecular formula is C18H21ClN2. The molecule has 1 aliphatic carbocycles. The molecule has 1 N–H and O–H groups in total. The smallest absolute Gasteiger partial charge is 0.0409 e. The molecule has 2 nitrogen and oxygen atoms in total. The first-order valence-electron chi connectivity index (χ1n) is 7.42. The number of fused-ring (bicyclic) bond motifs is 1. The topological polar surface area (TPSA) is 24.9 Å². The minimum atomic E-state index is 0.189. The van der Waals surface area contributed by atoms with Crippen molar-refractivity contribution in [3.05, 3.63) is 64.4 Å². The summed E-state index contributed by atoms with van der Waals surface area (Å²) in [5.74, 6) is 0. The summed E-state index contributed by atoms with van der Waals surface area (Å²) < 4.78 is 0. The Morgan fingerprint density at radius 2 is 1.95 bits per heavy atom. The van der Waals surface area contributed by atoms with Crippen molar-refractivity contribution >= 4 is 11.6 Å². The molecular weight excluding hydrogens is 280 g/mol. The number of hydrogen-bond donors (Lipinski definition) is 1. The van der Waals surface area contributed by atoms with Gasteiger partial charge in [0.25, 0.3) is 0 Å². The molecule has 21 heavy (non-hydrogen) atoms. The molecule has 1 aliphatic rings. The number of rotatable bonds is 3. The van der Waals surface area contributed by atoms with Gasteiger partial charge in [0.15, 0.2) is 0 Å². The summed E-state index contributed by atoms with van der Waals surface area (Å²) in [6.07, 6.45) is 4.77. The Hall–Kier alpha value is -1.38. The first kappa shape index (κ1) is 14.6. The van der Waals surface area contributed by atoms with Gasteiger partial charge in [-0.25, -0.2) is 0 Å². The van der Waals surface area contributed by atoms with Crippen LogP contribution in [0.3, 0.4) is 0 Å². The van der Waals surface area contributed by atoms with Crippen molar-refractivity contribution < 1.29 is 0 Å². The van der Waals surface area contributed by atoms with Crippen molar-refractivity contribution in [2.45, 2.75) is 39.3 Å². The lowest BCUT2D eigenvalue weighted by atomic mass is 9.84. The third-order valence-electron chi connectivity index (χ3n) is 4.47. The molecule has 110 valence electrons. The van der Waals surface area contributed by atoms with E-state index >= 15 is 0 Å². The van der Waals surface area contributed by atoms with Gasteiger partial charge in [0, 0.05) is 29.5 Å². The molecule has 3 heteroatoms. The van der Waals surface area contributed by atoms with Crippen LogP contribution < -0.4 is 5.32 Å². The van der Waals surface area contributed by atoms with Gasteiger partial charge in [-0.05, 0) is 59.7 Å². The lowest BCUT2D eigenvalue weighted by Crippen LogP contribution is -2.33. The van der Waals surface area contributed by atoms with Crippen LogP contribution in [0, 0.1) is 5.41 Å². The summed E-state index contributed by atoms with van der Waals surface area (Å²) >= 11 is 6.20. The molecule has 0 radical (unpaired) electrons. The van der Waals surface area contributed by atoms with E-state index in [4.69, 9.17) is 11.6 Å². The monoisotopic (exact) mass is 300 g/mol. The molecule has 1 aromatic carbocycles. The van der Waals surface area contributed by atoms with E-state index in [0.29, 0.717) is 6.04 Å². The van der Waals surface area contributed by atoms with Gasteiger partial charge in [0.05, 0.1) is 0 Å². The van der Waals surface area contributed by atoms with Gasteiger partial charge in [-0.15, -0.1) is 0 Å². The zero-order valence-corrected chi connectivity index (χ0v) is 13.5. The Kier molecular flexibility index (Phi) is 3.76. The summed E-state index contributed by atoms with van der Waals surface area (Å²) in [4.78, 5) is 4.09. The standard InChI is InChI=1S/C18H21ClN2/c1-12(13-6-8-20-9-7-13)21-17-16-10-15(19)5-4-14(16)11-18(17,2)3/h4-10,12,17,21H,11H2,1-3H3/t12-,17?/m1/s1. The van der Waals surface area contributed by atoms with E-state index in [1.807, 2.05) is 18.5 Å². The number of pyridine rings is 1. The van der Waals surface area contributed by atoms with Crippen LogP contribution in [0.25, 0.3) is 0 Å². The molecule has 0 aliphatic heterocycles. The highest BCUT2D eigenvalue weighted by Crippen LogP contribution is 2.46. The predicted octanol–water partition coefficient (Wildman–Crippen LogP) is 4.71. The fraction of sp³-hybridized carbons (Fsp3) is 0.389. The Labute approximate surface area is 131 Å². The van der Waals surface area contributed by atoms with Crippen molar-refractivity contribution in [2.75, 3.05) is 0 Å². The second-order valence-corrected chi connectivity index (χ2v) is 7.05. The molecule has 2 atom stereocenters. The van der Waals surface area contributed by atoms with Crippen LogP contribution in [0.5, 0.6) is 0 Å². The van der Waals surface area contributed by atoms with Crippen LogP contribution in [-0.4, -0.2) is 4.98 Å². The average Bonchev–Trinajstić information content (AvgIpc) is 2.71.